The summed E-state index contributed by atoms with van der Waals surface area (Å²) in [6.45, 7) is 4.65. The second-order valence-corrected chi connectivity index (χ2v) is 4.82. The molecule has 0 aliphatic heterocycles. The summed E-state index contributed by atoms with van der Waals surface area (Å²) >= 11 is 0. The molecule has 0 heterocycles. The minimum absolute atomic E-state index is 0.294. The standard InChI is InChI=1S/C14H21FN2O2/c1-4-16-14(2,13(18)19)8-9-17(3)12-7-5-6-11(15)10-12/h5-7,10,16H,4,8-9H2,1-3H3,(H,18,19). The van der Waals surface area contributed by atoms with Gasteiger partial charge in [-0.2, -0.15) is 0 Å². The van der Waals surface area contributed by atoms with Crippen molar-refractivity contribution in [3.8, 4) is 0 Å². The highest BCUT2D eigenvalue weighted by molar-refractivity contribution is 5.78. The molecule has 1 aromatic carbocycles. The Morgan fingerprint density at radius 1 is 1.53 bits per heavy atom. The lowest BCUT2D eigenvalue weighted by molar-refractivity contribution is -0.144. The summed E-state index contributed by atoms with van der Waals surface area (Å²) < 4.78 is 13.1. The molecule has 1 aromatic rings. The summed E-state index contributed by atoms with van der Waals surface area (Å²) in [6.07, 6.45) is 0.434. The first kappa shape index (κ1) is 15.4. The quantitative estimate of drug-likeness (QED) is 0.795. The highest BCUT2D eigenvalue weighted by Gasteiger charge is 2.31. The molecule has 0 saturated carbocycles. The van der Waals surface area contributed by atoms with Gasteiger partial charge in [-0.1, -0.05) is 13.0 Å². The van der Waals surface area contributed by atoms with Crippen molar-refractivity contribution in [2.75, 3.05) is 25.0 Å². The van der Waals surface area contributed by atoms with Gasteiger partial charge in [0.25, 0.3) is 0 Å². The minimum atomic E-state index is -0.962. The van der Waals surface area contributed by atoms with Gasteiger partial charge in [-0.25, -0.2) is 4.39 Å². The maximum absolute atomic E-state index is 13.1. The number of hydrogen-bond acceptors (Lipinski definition) is 3. The van der Waals surface area contributed by atoms with Crippen LogP contribution < -0.4 is 10.2 Å². The van der Waals surface area contributed by atoms with Crippen LogP contribution in [0.1, 0.15) is 20.3 Å². The smallest absolute Gasteiger partial charge is 0.323 e. The number of carbonyl (C=O) groups is 1. The summed E-state index contributed by atoms with van der Waals surface area (Å²) in [5.41, 5.74) is -0.222. The molecule has 5 heteroatoms. The SMILES string of the molecule is CCNC(C)(CCN(C)c1cccc(F)c1)C(=O)O. The van der Waals surface area contributed by atoms with Crippen LogP contribution >= 0.6 is 0 Å². The van der Waals surface area contributed by atoms with Gasteiger partial charge < -0.3 is 15.3 Å². The van der Waals surface area contributed by atoms with E-state index in [1.54, 1.807) is 19.1 Å². The number of rotatable bonds is 7. The lowest BCUT2D eigenvalue weighted by atomic mass is 9.97. The molecule has 2 N–H and O–H groups in total. The van der Waals surface area contributed by atoms with E-state index in [1.807, 2.05) is 18.9 Å². The van der Waals surface area contributed by atoms with Gasteiger partial charge in [-0.05, 0) is 38.1 Å². The van der Waals surface area contributed by atoms with Gasteiger partial charge in [0.1, 0.15) is 11.4 Å². The Labute approximate surface area is 113 Å². The van der Waals surface area contributed by atoms with E-state index >= 15 is 0 Å². The zero-order valence-corrected chi connectivity index (χ0v) is 11.6. The number of anilines is 1. The molecule has 0 aliphatic carbocycles. The average molecular weight is 268 g/mol. The Hall–Kier alpha value is -1.62. The topological polar surface area (TPSA) is 52.6 Å². The van der Waals surface area contributed by atoms with Crippen LogP contribution in [0.4, 0.5) is 10.1 Å². The molecule has 1 rings (SSSR count). The van der Waals surface area contributed by atoms with E-state index in [-0.39, 0.29) is 5.82 Å². The van der Waals surface area contributed by atoms with Crippen molar-refractivity contribution in [2.45, 2.75) is 25.8 Å². The zero-order chi connectivity index (χ0) is 14.5. The van der Waals surface area contributed by atoms with Crippen molar-refractivity contribution in [3.63, 3.8) is 0 Å². The predicted octanol–water partition coefficient (Wildman–Crippen LogP) is 2.10. The first-order valence-electron chi connectivity index (χ1n) is 6.34. The average Bonchev–Trinajstić information content (AvgIpc) is 2.36. The number of likely N-dealkylation sites (N-methyl/N-ethyl adjacent to an activating group) is 1. The second kappa shape index (κ2) is 6.52. The molecule has 0 bridgehead atoms. The first-order chi connectivity index (χ1) is 8.89. The van der Waals surface area contributed by atoms with Gasteiger partial charge in [0.2, 0.25) is 0 Å². The fourth-order valence-electron chi connectivity index (χ4n) is 1.90. The van der Waals surface area contributed by atoms with Gasteiger partial charge in [-0.3, -0.25) is 4.79 Å². The fraction of sp³-hybridized carbons (Fsp3) is 0.500. The van der Waals surface area contributed by atoms with Gasteiger partial charge >= 0.3 is 5.97 Å². The Morgan fingerprint density at radius 3 is 2.74 bits per heavy atom. The lowest BCUT2D eigenvalue weighted by Gasteiger charge is -2.29. The molecule has 0 fully saturated rings. The van der Waals surface area contributed by atoms with Gasteiger partial charge in [0.15, 0.2) is 0 Å². The van der Waals surface area contributed by atoms with Crippen LogP contribution in [-0.4, -0.2) is 36.8 Å². The van der Waals surface area contributed by atoms with E-state index in [9.17, 15) is 14.3 Å². The first-order valence-corrected chi connectivity index (χ1v) is 6.34. The molecule has 0 radical (unpaired) electrons. The molecule has 0 aliphatic rings. The Balaban J connectivity index is 2.67. The lowest BCUT2D eigenvalue weighted by Crippen LogP contribution is -2.51. The van der Waals surface area contributed by atoms with Crippen LogP contribution in [0.2, 0.25) is 0 Å². The molecular weight excluding hydrogens is 247 g/mol. The Kier molecular flexibility index (Phi) is 5.30. The number of nitrogens with zero attached hydrogens (tertiary/aromatic N) is 1. The van der Waals surface area contributed by atoms with Crippen LogP contribution in [-0.2, 0) is 4.79 Å². The molecule has 4 nitrogen and oxygen atoms in total. The zero-order valence-electron chi connectivity index (χ0n) is 11.6. The fourth-order valence-corrected chi connectivity index (χ4v) is 1.90. The highest BCUT2D eigenvalue weighted by atomic mass is 19.1. The molecule has 1 atom stereocenters. The highest BCUT2D eigenvalue weighted by Crippen LogP contribution is 2.17. The number of aliphatic carboxylic acids is 1. The Morgan fingerprint density at radius 2 is 2.21 bits per heavy atom. The number of benzene rings is 1. The number of carboxylic acid groups (broad SMARTS) is 1. The Bertz CT molecular complexity index is 439. The molecule has 19 heavy (non-hydrogen) atoms. The third-order valence-electron chi connectivity index (χ3n) is 3.24. The van der Waals surface area contributed by atoms with Gasteiger partial charge in [0, 0.05) is 19.3 Å². The van der Waals surface area contributed by atoms with Crippen LogP contribution in [0.15, 0.2) is 24.3 Å². The molecule has 0 aromatic heterocycles. The summed E-state index contributed by atoms with van der Waals surface area (Å²) in [6, 6.07) is 6.26. The van der Waals surface area contributed by atoms with Gasteiger partial charge in [0.05, 0.1) is 0 Å². The maximum Gasteiger partial charge on any atom is 0.323 e. The van der Waals surface area contributed by atoms with Crippen LogP contribution in [0, 0.1) is 5.82 Å². The van der Waals surface area contributed by atoms with E-state index in [4.69, 9.17) is 0 Å². The van der Waals surface area contributed by atoms with Crippen molar-refractivity contribution < 1.29 is 14.3 Å². The molecule has 106 valence electrons. The van der Waals surface area contributed by atoms with E-state index in [2.05, 4.69) is 5.32 Å². The molecule has 0 amide bonds. The van der Waals surface area contributed by atoms with Gasteiger partial charge in [-0.15, -0.1) is 0 Å². The van der Waals surface area contributed by atoms with Crippen molar-refractivity contribution in [1.82, 2.24) is 5.32 Å². The predicted molar refractivity (Wildman–Crippen MR) is 74.0 cm³/mol. The van der Waals surface area contributed by atoms with Crippen molar-refractivity contribution in [2.24, 2.45) is 0 Å². The summed E-state index contributed by atoms with van der Waals surface area (Å²) in [5, 5.41) is 12.2. The summed E-state index contributed by atoms with van der Waals surface area (Å²) in [7, 11) is 1.82. The maximum atomic E-state index is 13.1. The molecule has 0 saturated heterocycles. The number of nitrogens with one attached hydrogen (secondary N) is 1. The van der Waals surface area contributed by atoms with E-state index in [0.29, 0.717) is 19.5 Å². The second-order valence-electron chi connectivity index (χ2n) is 4.82. The summed E-state index contributed by atoms with van der Waals surface area (Å²) in [4.78, 5) is 13.1. The van der Waals surface area contributed by atoms with Crippen molar-refractivity contribution in [1.29, 1.82) is 0 Å². The van der Waals surface area contributed by atoms with Crippen LogP contribution in [0.3, 0.4) is 0 Å². The van der Waals surface area contributed by atoms with Crippen LogP contribution in [0.25, 0.3) is 0 Å². The summed E-state index contributed by atoms with van der Waals surface area (Å²) in [5.74, 6) is -1.17. The number of hydrogen-bond donors (Lipinski definition) is 2. The van der Waals surface area contributed by atoms with Crippen molar-refractivity contribution >= 4 is 11.7 Å². The van der Waals surface area contributed by atoms with Crippen LogP contribution in [0.5, 0.6) is 0 Å². The van der Waals surface area contributed by atoms with Crippen molar-refractivity contribution in [3.05, 3.63) is 30.1 Å². The van der Waals surface area contributed by atoms with E-state index < -0.39 is 11.5 Å². The third-order valence-corrected chi connectivity index (χ3v) is 3.24. The normalized spacial score (nSPS) is 13.9. The number of carboxylic acids is 1. The largest absolute Gasteiger partial charge is 0.480 e. The minimum Gasteiger partial charge on any atom is -0.480 e. The molecular formula is C14H21FN2O2. The number of halogens is 1. The third kappa shape index (κ3) is 4.21. The molecule has 1 unspecified atom stereocenters. The van der Waals surface area contributed by atoms with E-state index in [0.717, 1.165) is 5.69 Å². The molecule has 0 spiro atoms. The monoisotopic (exact) mass is 268 g/mol. The van der Waals surface area contributed by atoms with E-state index in [1.165, 1.54) is 12.1 Å².